The summed E-state index contributed by atoms with van der Waals surface area (Å²) in [6, 6.07) is 15.0. The van der Waals surface area contributed by atoms with E-state index in [-0.39, 0.29) is 11.0 Å². The molecule has 0 aliphatic carbocycles. The number of ether oxygens (including phenoxy) is 1. The van der Waals surface area contributed by atoms with E-state index in [1.165, 1.54) is 11.8 Å². The summed E-state index contributed by atoms with van der Waals surface area (Å²) in [5.74, 6) is 0.804. The fourth-order valence-corrected chi connectivity index (χ4v) is 3.49. The van der Waals surface area contributed by atoms with Crippen LogP contribution in [0.15, 0.2) is 64.5 Å². The van der Waals surface area contributed by atoms with Crippen LogP contribution in [0.3, 0.4) is 0 Å². The quantitative estimate of drug-likeness (QED) is 0.439. The summed E-state index contributed by atoms with van der Waals surface area (Å²) in [5, 5.41) is 8.51. The molecule has 0 bridgehead atoms. The third kappa shape index (κ3) is 4.11. The maximum Gasteiger partial charge on any atom is 0.196 e. The van der Waals surface area contributed by atoms with Gasteiger partial charge in [0.25, 0.3) is 0 Å². The first-order chi connectivity index (χ1) is 12.1. The van der Waals surface area contributed by atoms with Gasteiger partial charge in [0, 0.05) is 16.1 Å². The maximum atomic E-state index is 12.6. The molecule has 0 unspecified atom stereocenters. The zero-order chi connectivity index (χ0) is 17.8. The smallest absolute Gasteiger partial charge is 0.196 e. The van der Waals surface area contributed by atoms with Gasteiger partial charge in [-0.3, -0.25) is 9.36 Å². The standard InChI is InChI=1S/C18H16BrN3O2S/c1-12(17(23)13-6-8-14(19)9-7-13)25-18-21-20-11-22(18)15-4-3-5-16(10-15)24-2/h3-12H,1-2H3/t12-/m1/s1. The second-order valence-electron chi connectivity index (χ2n) is 5.32. The van der Waals surface area contributed by atoms with Gasteiger partial charge in [0.2, 0.25) is 0 Å². The second-order valence-corrected chi connectivity index (χ2v) is 7.54. The van der Waals surface area contributed by atoms with Gasteiger partial charge < -0.3 is 4.74 Å². The molecule has 5 nitrogen and oxygen atoms in total. The third-order valence-corrected chi connectivity index (χ3v) is 5.21. The van der Waals surface area contributed by atoms with Gasteiger partial charge in [0.1, 0.15) is 12.1 Å². The number of thioether (sulfide) groups is 1. The van der Waals surface area contributed by atoms with Gasteiger partial charge in [-0.15, -0.1) is 10.2 Å². The lowest BCUT2D eigenvalue weighted by atomic mass is 10.1. The van der Waals surface area contributed by atoms with Crippen molar-refractivity contribution in [1.29, 1.82) is 0 Å². The first kappa shape index (κ1) is 17.7. The van der Waals surface area contributed by atoms with Crippen molar-refractivity contribution in [2.75, 3.05) is 7.11 Å². The molecule has 0 aliphatic rings. The largest absolute Gasteiger partial charge is 0.497 e. The van der Waals surface area contributed by atoms with Crippen LogP contribution < -0.4 is 4.74 Å². The van der Waals surface area contributed by atoms with Gasteiger partial charge >= 0.3 is 0 Å². The van der Waals surface area contributed by atoms with E-state index in [0.717, 1.165) is 15.9 Å². The van der Waals surface area contributed by atoms with Crippen LogP contribution in [0.25, 0.3) is 5.69 Å². The summed E-state index contributed by atoms with van der Waals surface area (Å²) in [7, 11) is 1.62. The monoisotopic (exact) mass is 417 g/mol. The summed E-state index contributed by atoms with van der Waals surface area (Å²) in [6.45, 7) is 1.87. The van der Waals surface area contributed by atoms with Crippen molar-refractivity contribution in [2.45, 2.75) is 17.3 Å². The highest BCUT2D eigenvalue weighted by Crippen LogP contribution is 2.27. The van der Waals surface area contributed by atoms with Crippen molar-refractivity contribution in [3.63, 3.8) is 0 Å². The minimum Gasteiger partial charge on any atom is -0.497 e. The van der Waals surface area contributed by atoms with E-state index in [9.17, 15) is 4.79 Å². The van der Waals surface area contributed by atoms with Crippen LogP contribution in [0.5, 0.6) is 5.75 Å². The number of carbonyl (C=O) groups excluding carboxylic acids is 1. The van der Waals surface area contributed by atoms with Crippen LogP contribution in [0.2, 0.25) is 0 Å². The average Bonchev–Trinajstić information content (AvgIpc) is 3.10. The Morgan fingerprint density at radius 3 is 2.72 bits per heavy atom. The number of Topliss-reactive ketones (excluding diaryl/α,β-unsaturated/α-hetero) is 1. The molecule has 3 aromatic rings. The molecule has 0 spiro atoms. The Hall–Kier alpha value is -2.12. The molecule has 1 heterocycles. The molecule has 1 aromatic heterocycles. The molecule has 0 amide bonds. The highest BCUT2D eigenvalue weighted by atomic mass is 79.9. The lowest BCUT2D eigenvalue weighted by Gasteiger charge is -2.12. The van der Waals surface area contributed by atoms with Crippen LogP contribution in [-0.2, 0) is 0 Å². The van der Waals surface area contributed by atoms with Crippen LogP contribution in [0.1, 0.15) is 17.3 Å². The van der Waals surface area contributed by atoms with E-state index in [0.29, 0.717) is 10.7 Å². The Kier molecular flexibility index (Phi) is 5.55. The SMILES string of the molecule is COc1cccc(-n2cnnc2S[C@H](C)C(=O)c2ccc(Br)cc2)c1. The first-order valence-electron chi connectivity index (χ1n) is 7.59. The minimum absolute atomic E-state index is 0.0534. The number of rotatable bonds is 6. The van der Waals surface area contributed by atoms with Crippen molar-refractivity contribution < 1.29 is 9.53 Å². The number of halogens is 1. The second kappa shape index (κ2) is 7.84. The fourth-order valence-electron chi connectivity index (χ4n) is 2.30. The van der Waals surface area contributed by atoms with Gasteiger partial charge in [-0.05, 0) is 31.2 Å². The lowest BCUT2D eigenvalue weighted by Crippen LogP contribution is -2.14. The molecular weight excluding hydrogens is 402 g/mol. The molecule has 7 heteroatoms. The average molecular weight is 418 g/mol. The summed E-state index contributed by atoms with van der Waals surface area (Å²) in [5.41, 5.74) is 1.56. The predicted molar refractivity (Wildman–Crippen MR) is 102 cm³/mol. The number of benzene rings is 2. The molecule has 3 rings (SSSR count). The molecule has 0 fully saturated rings. The number of carbonyl (C=O) groups is 1. The van der Waals surface area contributed by atoms with Gasteiger partial charge in [-0.1, -0.05) is 45.9 Å². The fraction of sp³-hybridized carbons (Fsp3) is 0.167. The first-order valence-corrected chi connectivity index (χ1v) is 9.26. The van der Waals surface area contributed by atoms with Crippen molar-refractivity contribution in [2.24, 2.45) is 0 Å². The normalized spacial score (nSPS) is 12.0. The van der Waals surface area contributed by atoms with Crippen molar-refractivity contribution in [3.8, 4) is 11.4 Å². The van der Waals surface area contributed by atoms with E-state index >= 15 is 0 Å². The Bertz CT molecular complexity index is 880. The Morgan fingerprint density at radius 2 is 2.00 bits per heavy atom. The molecule has 128 valence electrons. The Labute approximate surface area is 158 Å². The van der Waals surface area contributed by atoms with Crippen molar-refractivity contribution in [1.82, 2.24) is 14.8 Å². The molecule has 25 heavy (non-hydrogen) atoms. The van der Waals surface area contributed by atoms with Crippen LogP contribution in [-0.4, -0.2) is 32.9 Å². The van der Waals surface area contributed by atoms with Gasteiger partial charge in [0.05, 0.1) is 18.0 Å². The molecule has 1 atom stereocenters. The summed E-state index contributed by atoms with van der Waals surface area (Å²) >= 11 is 4.76. The number of nitrogens with zero attached hydrogens (tertiary/aromatic N) is 3. The maximum absolute atomic E-state index is 12.6. The minimum atomic E-state index is -0.283. The van der Waals surface area contributed by atoms with E-state index in [1.807, 2.05) is 60.0 Å². The molecule has 0 N–H and O–H groups in total. The summed E-state index contributed by atoms with van der Waals surface area (Å²) in [4.78, 5) is 12.6. The van der Waals surface area contributed by atoms with E-state index in [4.69, 9.17) is 4.74 Å². The van der Waals surface area contributed by atoms with Gasteiger partial charge in [-0.25, -0.2) is 0 Å². The number of aromatic nitrogens is 3. The summed E-state index contributed by atoms with van der Waals surface area (Å²) < 4.78 is 8.05. The topological polar surface area (TPSA) is 57.0 Å². The number of methoxy groups -OCH3 is 1. The Balaban J connectivity index is 1.80. The Morgan fingerprint density at radius 1 is 1.24 bits per heavy atom. The zero-order valence-electron chi connectivity index (χ0n) is 13.7. The summed E-state index contributed by atoms with van der Waals surface area (Å²) in [6.07, 6.45) is 1.63. The third-order valence-electron chi connectivity index (χ3n) is 3.63. The molecular formula is C18H16BrN3O2S. The van der Waals surface area contributed by atoms with Gasteiger partial charge in [0.15, 0.2) is 10.9 Å². The molecule has 0 saturated heterocycles. The predicted octanol–water partition coefficient (Wildman–Crippen LogP) is 4.40. The van der Waals surface area contributed by atoms with Crippen molar-refractivity contribution >= 4 is 33.5 Å². The number of hydrogen-bond donors (Lipinski definition) is 0. The zero-order valence-corrected chi connectivity index (χ0v) is 16.1. The van der Waals surface area contributed by atoms with Crippen molar-refractivity contribution in [3.05, 3.63) is 64.9 Å². The number of ketones is 1. The van der Waals surface area contributed by atoms with E-state index < -0.39 is 0 Å². The highest BCUT2D eigenvalue weighted by Gasteiger charge is 2.20. The van der Waals surface area contributed by atoms with Gasteiger partial charge in [-0.2, -0.15) is 0 Å². The highest BCUT2D eigenvalue weighted by molar-refractivity contribution is 9.10. The van der Waals surface area contributed by atoms with Crippen LogP contribution >= 0.6 is 27.7 Å². The molecule has 0 radical (unpaired) electrons. The van der Waals surface area contributed by atoms with E-state index in [2.05, 4.69) is 26.1 Å². The van der Waals surface area contributed by atoms with Crippen LogP contribution in [0.4, 0.5) is 0 Å². The lowest BCUT2D eigenvalue weighted by molar-refractivity contribution is 0.0994. The number of hydrogen-bond acceptors (Lipinski definition) is 5. The molecule has 2 aromatic carbocycles. The molecule has 0 aliphatic heterocycles. The molecule has 0 saturated carbocycles. The van der Waals surface area contributed by atoms with E-state index in [1.54, 1.807) is 13.4 Å². The van der Waals surface area contributed by atoms with Crippen LogP contribution in [0, 0.1) is 0 Å².